The molecule has 0 aromatic heterocycles. The van der Waals surface area contributed by atoms with Crippen molar-refractivity contribution in [2.45, 2.75) is 83.0 Å². The van der Waals surface area contributed by atoms with Crippen molar-refractivity contribution in [3.05, 3.63) is 0 Å². The Kier molecular flexibility index (Phi) is 15.3. The van der Waals surface area contributed by atoms with Gasteiger partial charge in [0, 0.05) is 18.7 Å². The molecule has 9 heteroatoms. The van der Waals surface area contributed by atoms with Crippen molar-refractivity contribution in [3.8, 4) is 0 Å². The molecule has 0 aromatic carbocycles. The third-order valence-electron chi connectivity index (χ3n) is 3.80. The average molecular weight is 421 g/mol. The molecule has 0 spiro atoms. The van der Waals surface area contributed by atoms with Gasteiger partial charge in [-0.1, -0.05) is 38.5 Å². The van der Waals surface area contributed by atoms with Crippen molar-refractivity contribution in [2.75, 3.05) is 19.1 Å². The minimum Gasteiger partial charge on any atom is -0.466 e. The fourth-order valence-corrected chi connectivity index (χ4v) is 2.39. The summed E-state index contributed by atoms with van der Waals surface area (Å²) in [6, 6.07) is 0. The van der Waals surface area contributed by atoms with E-state index < -0.39 is 30.9 Å². The highest BCUT2D eigenvalue weighted by atomic mass is 35.5. The van der Waals surface area contributed by atoms with E-state index in [2.05, 4.69) is 4.74 Å². The first-order valence-electron chi connectivity index (χ1n) is 9.32. The Balaban J connectivity index is 3.50. The van der Waals surface area contributed by atoms with Crippen LogP contribution in [-0.4, -0.2) is 43.4 Å². The number of ether oxygens (including phenoxy) is 2. The summed E-state index contributed by atoms with van der Waals surface area (Å²) in [5.41, 5.74) is 0. The van der Waals surface area contributed by atoms with Gasteiger partial charge in [-0.25, -0.2) is 8.78 Å². The van der Waals surface area contributed by atoms with Crippen LogP contribution in [0.5, 0.6) is 0 Å². The van der Waals surface area contributed by atoms with Crippen molar-refractivity contribution in [2.24, 2.45) is 0 Å². The van der Waals surface area contributed by atoms with E-state index in [-0.39, 0.29) is 19.3 Å². The van der Waals surface area contributed by atoms with Gasteiger partial charge in [-0.15, -0.1) is 11.6 Å². The second kappa shape index (κ2) is 16.0. The molecule has 0 bridgehead atoms. The third kappa shape index (κ3) is 15.7. The monoisotopic (exact) mass is 420 g/mol. The van der Waals surface area contributed by atoms with Gasteiger partial charge in [-0.2, -0.15) is 8.78 Å². The van der Waals surface area contributed by atoms with Crippen LogP contribution in [0.4, 0.5) is 17.6 Å². The molecule has 0 aliphatic carbocycles. The topological polar surface area (TPSA) is 52.6 Å². The quantitative estimate of drug-likeness (QED) is 0.135. The number of carbonyl (C=O) groups is 2. The molecule has 0 aromatic rings. The Morgan fingerprint density at radius 2 is 1.26 bits per heavy atom. The van der Waals surface area contributed by atoms with E-state index in [0.29, 0.717) is 12.5 Å². The number of carbonyl (C=O) groups excluding carboxylic acids is 2. The van der Waals surface area contributed by atoms with Gasteiger partial charge in [0.15, 0.2) is 6.61 Å². The summed E-state index contributed by atoms with van der Waals surface area (Å²) in [6.07, 6.45) is 4.32. The number of esters is 2. The van der Waals surface area contributed by atoms with Crippen LogP contribution < -0.4 is 0 Å². The molecule has 0 radical (unpaired) electrons. The van der Waals surface area contributed by atoms with Gasteiger partial charge in [-0.05, 0) is 19.3 Å². The Bertz CT molecular complexity index is 409. The molecule has 0 atom stereocenters. The van der Waals surface area contributed by atoms with E-state index in [1.165, 1.54) is 12.8 Å². The maximum atomic E-state index is 12.6. The lowest BCUT2D eigenvalue weighted by molar-refractivity contribution is -0.179. The van der Waals surface area contributed by atoms with E-state index >= 15 is 0 Å². The number of unbranched alkanes of at least 4 members (excludes halogenated alkanes) is 7. The molecule has 0 unspecified atom stereocenters. The molecule has 0 aliphatic heterocycles. The third-order valence-corrected chi connectivity index (χ3v) is 4.06. The summed E-state index contributed by atoms with van der Waals surface area (Å²) in [6.45, 7) is -1.36. The van der Waals surface area contributed by atoms with Crippen LogP contribution in [0.1, 0.15) is 70.6 Å². The van der Waals surface area contributed by atoms with Crippen LogP contribution in [0.2, 0.25) is 0 Å². The number of hydrogen-bond acceptors (Lipinski definition) is 4. The van der Waals surface area contributed by atoms with E-state index in [1.54, 1.807) is 0 Å². The lowest BCUT2D eigenvalue weighted by Crippen LogP contribution is -2.33. The second-order valence-corrected chi connectivity index (χ2v) is 6.69. The molecule has 0 saturated heterocycles. The number of halogens is 5. The zero-order chi connectivity index (χ0) is 20.5. The molecule has 0 heterocycles. The van der Waals surface area contributed by atoms with Crippen LogP contribution >= 0.6 is 11.6 Å². The normalized spacial score (nSPS) is 11.6. The van der Waals surface area contributed by atoms with Crippen molar-refractivity contribution >= 4 is 23.5 Å². The van der Waals surface area contributed by atoms with E-state index in [0.717, 1.165) is 38.5 Å². The first-order chi connectivity index (χ1) is 12.8. The van der Waals surface area contributed by atoms with Crippen LogP contribution in [0, 0.1) is 0 Å². The summed E-state index contributed by atoms with van der Waals surface area (Å²) in [7, 11) is 0. The Hall–Kier alpha value is -1.05. The average Bonchev–Trinajstić information content (AvgIpc) is 2.61. The zero-order valence-electron chi connectivity index (χ0n) is 15.5. The largest absolute Gasteiger partial charge is 0.466 e. The molecule has 27 heavy (non-hydrogen) atoms. The highest BCUT2D eigenvalue weighted by Crippen LogP contribution is 2.23. The second-order valence-electron chi connectivity index (χ2n) is 6.31. The van der Waals surface area contributed by atoms with Gasteiger partial charge in [0.1, 0.15) is 0 Å². The number of alkyl halides is 5. The molecular formula is C18H29ClF4O4. The van der Waals surface area contributed by atoms with Crippen LogP contribution in [-0.2, 0) is 19.1 Å². The predicted octanol–water partition coefficient (Wildman–Crippen LogP) is 5.50. The first-order valence-corrected chi connectivity index (χ1v) is 9.86. The molecular weight excluding hydrogens is 392 g/mol. The highest BCUT2D eigenvalue weighted by molar-refractivity contribution is 6.17. The SMILES string of the molecule is O=C(CCCC(=O)OCC(F)(F)C(F)F)OCCCCCCCCCCCl. The van der Waals surface area contributed by atoms with Crippen LogP contribution in [0.25, 0.3) is 0 Å². The fraction of sp³-hybridized carbons (Fsp3) is 0.889. The summed E-state index contributed by atoms with van der Waals surface area (Å²) < 4.78 is 58.0. The molecule has 0 N–H and O–H groups in total. The fourth-order valence-electron chi connectivity index (χ4n) is 2.20. The molecule has 0 saturated carbocycles. The summed E-state index contributed by atoms with van der Waals surface area (Å²) >= 11 is 5.60. The maximum absolute atomic E-state index is 12.6. The van der Waals surface area contributed by atoms with Gasteiger partial charge in [0.25, 0.3) is 0 Å². The molecule has 0 fully saturated rings. The Morgan fingerprint density at radius 1 is 0.778 bits per heavy atom. The van der Waals surface area contributed by atoms with Crippen molar-refractivity contribution in [3.63, 3.8) is 0 Å². The number of hydrogen-bond donors (Lipinski definition) is 0. The minimum atomic E-state index is -4.36. The van der Waals surface area contributed by atoms with Gasteiger partial charge in [0.2, 0.25) is 0 Å². The molecule has 0 amide bonds. The maximum Gasteiger partial charge on any atom is 0.340 e. The van der Waals surface area contributed by atoms with Crippen LogP contribution in [0.15, 0.2) is 0 Å². The minimum absolute atomic E-state index is 0.0547. The molecule has 0 rings (SSSR count). The van der Waals surface area contributed by atoms with Crippen molar-refractivity contribution < 1.29 is 36.6 Å². The summed E-state index contributed by atoms with van der Waals surface area (Å²) in [5, 5.41) is 0. The summed E-state index contributed by atoms with van der Waals surface area (Å²) in [4.78, 5) is 22.6. The van der Waals surface area contributed by atoms with E-state index in [1.807, 2.05) is 0 Å². The number of rotatable bonds is 17. The van der Waals surface area contributed by atoms with Gasteiger partial charge >= 0.3 is 24.3 Å². The smallest absolute Gasteiger partial charge is 0.340 e. The Labute approximate surface area is 162 Å². The molecule has 4 nitrogen and oxygen atoms in total. The lowest BCUT2D eigenvalue weighted by Gasteiger charge is -2.14. The van der Waals surface area contributed by atoms with Crippen molar-refractivity contribution in [1.29, 1.82) is 0 Å². The van der Waals surface area contributed by atoms with Crippen LogP contribution in [0.3, 0.4) is 0 Å². The zero-order valence-corrected chi connectivity index (χ0v) is 16.3. The van der Waals surface area contributed by atoms with Gasteiger partial charge < -0.3 is 9.47 Å². The van der Waals surface area contributed by atoms with E-state index in [9.17, 15) is 27.2 Å². The summed E-state index contributed by atoms with van der Waals surface area (Å²) in [5.74, 6) is -5.18. The highest BCUT2D eigenvalue weighted by Gasteiger charge is 2.42. The first kappa shape index (κ1) is 26.0. The van der Waals surface area contributed by atoms with Gasteiger partial charge in [0.05, 0.1) is 6.61 Å². The van der Waals surface area contributed by atoms with Gasteiger partial charge in [-0.3, -0.25) is 9.59 Å². The standard InChI is InChI=1S/C18H29ClF4O4/c19-12-7-5-3-1-2-4-6-8-13-26-15(24)10-9-11-16(25)27-14-18(22,23)17(20)21/h17H,1-14H2. The van der Waals surface area contributed by atoms with Crippen molar-refractivity contribution in [1.82, 2.24) is 0 Å². The molecule has 0 aliphatic rings. The predicted molar refractivity (Wildman–Crippen MR) is 94.4 cm³/mol. The lowest BCUT2D eigenvalue weighted by atomic mass is 10.1. The van der Waals surface area contributed by atoms with E-state index in [4.69, 9.17) is 16.3 Å². The Morgan fingerprint density at radius 3 is 1.78 bits per heavy atom. The molecule has 160 valence electrons.